The SMILES string of the molecule is CCCNCC1CCC(C(C)C)CC1c1ccccc1Cl. The molecule has 3 atom stereocenters. The molecule has 0 aliphatic heterocycles. The highest BCUT2D eigenvalue weighted by Gasteiger charge is 2.33. The molecule has 1 N–H and O–H groups in total. The minimum absolute atomic E-state index is 0.615. The summed E-state index contributed by atoms with van der Waals surface area (Å²) in [5, 5.41) is 4.58. The van der Waals surface area contributed by atoms with Gasteiger partial charge in [0.05, 0.1) is 0 Å². The molecule has 0 bridgehead atoms. The molecule has 1 saturated carbocycles. The second kappa shape index (κ2) is 8.19. The number of hydrogen-bond donors (Lipinski definition) is 1. The van der Waals surface area contributed by atoms with Crippen LogP contribution in [0.15, 0.2) is 24.3 Å². The molecule has 1 fully saturated rings. The number of nitrogens with one attached hydrogen (secondary N) is 1. The monoisotopic (exact) mass is 307 g/mol. The third-order valence-electron chi connectivity index (χ3n) is 5.11. The van der Waals surface area contributed by atoms with Gasteiger partial charge >= 0.3 is 0 Å². The molecule has 3 unspecified atom stereocenters. The molecule has 0 heterocycles. The Bertz CT molecular complexity index is 429. The van der Waals surface area contributed by atoms with E-state index in [2.05, 4.69) is 38.2 Å². The van der Waals surface area contributed by atoms with Crippen LogP contribution in [0.5, 0.6) is 0 Å². The number of hydrogen-bond acceptors (Lipinski definition) is 1. The lowest BCUT2D eigenvalue weighted by atomic mass is 9.68. The van der Waals surface area contributed by atoms with Crippen LogP contribution in [-0.4, -0.2) is 13.1 Å². The number of rotatable bonds is 6. The summed E-state index contributed by atoms with van der Waals surface area (Å²) in [6.07, 6.45) is 5.20. The molecular weight excluding hydrogens is 278 g/mol. The van der Waals surface area contributed by atoms with E-state index in [0.717, 1.165) is 35.9 Å². The minimum Gasteiger partial charge on any atom is -0.316 e. The van der Waals surface area contributed by atoms with E-state index in [9.17, 15) is 0 Å². The zero-order chi connectivity index (χ0) is 15.2. The van der Waals surface area contributed by atoms with Gasteiger partial charge in [0.2, 0.25) is 0 Å². The van der Waals surface area contributed by atoms with Crippen molar-refractivity contribution >= 4 is 11.6 Å². The van der Waals surface area contributed by atoms with E-state index in [4.69, 9.17) is 11.6 Å². The standard InChI is InChI=1S/C19H30ClN/c1-4-11-21-13-16-10-9-15(14(2)3)12-18(16)17-7-5-6-8-19(17)20/h5-8,14-16,18,21H,4,9-13H2,1-3H3. The smallest absolute Gasteiger partial charge is 0.0440 e. The van der Waals surface area contributed by atoms with Gasteiger partial charge < -0.3 is 5.32 Å². The van der Waals surface area contributed by atoms with Gasteiger partial charge in [0.25, 0.3) is 0 Å². The molecule has 0 radical (unpaired) electrons. The van der Waals surface area contributed by atoms with Crippen molar-refractivity contribution < 1.29 is 0 Å². The average Bonchev–Trinajstić information content (AvgIpc) is 2.48. The molecule has 2 rings (SSSR count). The van der Waals surface area contributed by atoms with Crippen molar-refractivity contribution in [1.29, 1.82) is 0 Å². The van der Waals surface area contributed by atoms with Crippen LogP contribution in [-0.2, 0) is 0 Å². The number of halogens is 1. The minimum atomic E-state index is 0.615. The van der Waals surface area contributed by atoms with Gasteiger partial charge in [-0.3, -0.25) is 0 Å². The molecule has 1 nitrogen and oxygen atoms in total. The molecule has 0 aromatic heterocycles. The van der Waals surface area contributed by atoms with Gasteiger partial charge in [0.15, 0.2) is 0 Å². The molecule has 0 amide bonds. The van der Waals surface area contributed by atoms with Gasteiger partial charge in [0.1, 0.15) is 0 Å². The molecule has 1 aliphatic rings. The van der Waals surface area contributed by atoms with Crippen molar-refractivity contribution in [2.75, 3.05) is 13.1 Å². The van der Waals surface area contributed by atoms with Crippen molar-refractivity contribution in [3.05, 3.63) is 34.9 Å². The van der Waals surface area contributed by atoms with E-state index in [-0.39, 0.29) is 0 Å². The maximum Gasteiger partial charge on any atom is 0.0440 e. The van der Waals surface area contributed by atoms with Gasteiger partial charge in [-0.05, 0) is 74.1 Å². The van der Waals surface area contributed by atoms with Crippen LogP contribution in [0.4, 0.5) is 0 Å². The largest absolute Gasteiger partial charge is 0.316 e. The van der Waals surface area contributed by atoms with Crippen LogP contribution in [0.1, 0.15) is 57.9 Å². The van der Waals surface area contributed by atoms with Crippen LogP contribution < -0.4 is 5.32 Å². The Morgan fingerprint density at radius 2 is 2.00 bits per heavy atom. The first kappa shape index (κ1) is 16.8. The Morgan fingerprint density at radius 1 is 1.24 bits per heavy atom. The third-order valence-corrected chi connectivity index (χ3v) is 5.46. The maximum absolute atomic E-state index is 6.49. The van der Waals surface area contributed by atoms with Crippen LogP contribution in [0, 0.1) is 17.8 Å². The van der Waals surface area contributed by atoms with Crippen molar-refractivity contribution in [3.8, 4) is 0 Å². The Morgan fingerprint density at radius 3 is 2.67 bits per heavy atom. The Hall–Kier alpha value is -0.530. The van der Waals surface area contributed by atoms with Gasteiger partial charge in [-0.1, -0.05) is 50.6 Å². The van der Waals surface area contributed by atoms with Crippen molar-refractivity contribution in [1.82, 2.24) is 5.32 Å². The molecule has 1 aromatic rings. The van der Waals surface area contributed by atoms with Gasteiger partial charge in [-0.15, -0.1) is 0 Å². The lowest BCUT2D eigenvalue weighted by Crippen LogP contribution is -2.33. The normalized spacial score (nSPS) is 26.2. The van der Waals surface area contributed by atoms with E-state index in [1.54, 1.807) is 0 Å². The summed E-state index contributed by atoms with van der Waals surface area (Å²) in [7, 11) is 0. The van der Waals surface area contributed by atoms with Crippen molar-refractivity contribution in [3.63, 3.8) is 0 Å². The van der Waals surface area contributed by atoms with Crippen LogP contribution in [0.25, 0.3) is 0 Å². The fourth-order valence-electron chi connectivity index (χ4n) is 3.74. The number of benzene rings is 1. The first-order valence-electron chi connectivity index (χ1n) is 8.58. The molecule has 1 aliphatic carbocycles. The molecule has 0 saturated heterocycles. The summed E-state index contributed by atoms with van der Waals surface area (Å²) in [5.74, 6) is 2.96. The summed E-state index contributed by atoms with van der Waals surface area (Å²) >= 11 is 6.49. The molecular formula is C19H30ClN. The Kier molecular flexibility index (Phi) is 6.57. The Labute approximate surface area is 135 Å². The summed E-state index contributed by atoms with van der Waals surface area (Å²) in [6.45, 7) is 9.22. The van der Waals surface area contributed by atoms with E-state index in [0.29, 0.717) is 5.92 Å². The first-order valence-corrected chi connectivity index (χ1v) is 8.96. The highest BCUT2D eigenvalue weighted by molar-refractivity contribution is 6.31. The van der Waals surface area contributed by atoms with E-state index in [1.165, 1.54) is 31.2 Å². The second-order valence-corrected chi connectivity index (χ2v) is 7.32. The molecule has 21 heavy (non-hydrogen) atoms. The van der Waals surface area contributed by atoms with E-state index in [1.807, 2.05) is 12.1 Å². The molecule has 2 heteroatoms. The summed E-state index contributed by atoms with van der Waals surface area (Å²) in [5.41, 5.74) is 1.37. The third kappa shape index (κ3) is 4.47. The Balaban J connectivity index is 2.14. The summed E-state index contributed by atoms with van der Waals surface area (Å²) in [6, 6.07) is 8.46. The van der Waals surface area contributed by atoms with Crippen molar-refractivity contribution in [2.45, 2.75) is 52.4 Å². The summed E-state index contributed by atoms with van der Waals surface area (Å²) in [4.78, 5) is 0. The highest BCUT2D eigenvalue weighted by atomic mass is 35.5. The summed E-state index contributed by atoms with van der Waals surface area (Å²) < 4.78 is 0. The first-order chi connectivity index (χ1) is 10.1. The fourth-order valence-corrected chi connectivity index (χ4v) is 4.01. The lowest BCUT2D eigenvalue weighted by Gasteiger charge is -2.38. The predicted octanol–water partition coefficient (Wildman–Crippen LogP) is 5.50. The van der Waals surface area contributed by atoms with Crippen molar-refractivity contribution in [2.24, 2.45) is 17.8 Å². The zero-order valence-electron chi connectivity index (χ0n) is 13.7. The zero-order valence-corrected chi connectivity index (χ0v) is 14.5. The average molecular weight is 308 g/mol. The quantitative estimate of drug-likeness (QED) is 0.685. The molecule has 0 spiro atoms. The lowest BCUT2D eigenvalue weighted by molar-refractivity contribution is 0.190. The van der Waals surface area contributed by atoms with E-state index < -0.39 is 0 Å². The second-order valence-electron chi connectivity index (χ2n) is 6.91. The highest BCUT2D eigenvalue weighted by Crippen LogP contribution is 2.44. The molecule has 118 valence electrons. The van der Waals surface area contributed by atoms with Crippen LogP contribution in [0.3, 0.4) is 0 Å². The maximum atomic E-state index is 6.49. The van der Waals surface area contributed by atoms with Crippen LogP contribution in [0.2, 0.25) is 5.02 Å². The van der Waals surface area contributed by atoms with Gasteiger partial charge in [0, 0.05) is 5.02 Å². The fraction of sp³-hybridized carbons (Fsp3) is 0.684. The van der Waals surface area contributed by atoms with Gasteiger partial charge in [-0.2, -0.15) is 0 Å². The topological polar surface area (TPSA) is 12.0 Å². The van der Waals surface area contributed by atoms with Gasteiger partial charge in [-0.25, -0.2) is 0 Å². The van der Waals surface area contributed by atoms with E-state index >= 15 is 0 Å². The van der Waals surface area contributed by atoms with Crippen LogP contribution >= 0.6 is 11.6 Å². The predicted molar refractivity (Wildman–Crippen MR) is 93.0 cm³/mol. The molecule has 1 aromatic carbocycles.